The molecule has 0 N–H and O–H groups in total. The topological polar surface area (TPSA) is 64.5 Å². The van der Waals surface area contributed by atoms with Crippen molar-refractivity contribution in [2.24, 2.45) is 0 Å². The lowest BCUT2D eigenvalue weighted by atomic mass is 9.97. The molecule has 0 bridgehead atoms. The Bertz CT molecular complexity index is 2930. The van der Waals surface area contributed by atoms with Gasteiger partial charge in [0.1, 0.15) is 0 Å². The van der Waals surface area contributed by atoms with Gasteiger partial charge < -0.3 is 0 Å². The number of benzene rings is 5. The molecule has 5 heteroatoms. The number of hydrogen-bond donors (Lipinski definition) is 0. The number of pyridine rings is 5. The van der Waals surface area contributed by atoms with E-state index in [1.807, 2.05) is 36.9 Å². The van der Waals surface area contributed by atoms with Crippen LogP contribution in [0, 0.1) is 0 Å². The van der Waals surface area contributed by atoms with E-state index >= 15 is 0 Å². The van der Waals surface area contributed by atoms with Gasteiger partial charge in [0.05, 0.1) is 33.5 Å². The van der Waals surface area contributed by atoms with Crippen molar-refractivity contribution < 1.29 is 0 Å². The van der Waals surface area contributed by atoms with Crippen LogP contribution in [0.5, 0.6) is 0 Å². The van der Waals surface area contributed by atoms with Crippen molar-refractivity contribution in [3.8, 4) is 44.8 Å². The first-order chi connectivity index (χ1) is 24.7. The van der Waals surface area contributed by atoms with Gasteiger partial charge in [-0.25, -0.2) is 9.97 Å². The molecule has 0 unspecified atom stereocenters. The maximum atomic E-state index is 5.14. The molecule has 10 aromatic rings. The summed E-state index contributed by atoms with van der Waals surface area (Å²) < 4.78 is 0. The molecular formula is C45H27N5. The number of nitrogens with zero attached hydrogens (tertiary/aromatic N) is 5. The van der Waals surface area contributed by atoms with Crippen LogP contribution >= 0.6 is 0 Å². The Morgan fingerprint density at radius 1 is 0.360 bits per heavy atom. The molecule has 50 heavy (non-hydrogen) atoms. The van der Waals surface area contributed by atoms with Gasteiger partial charge in [0.2, 0.25) is 0 Å². The van der Waals surface area contributed by atoms with Crippen molar-refractivity contribution in [1.29, 1.82) is 0 Å². The highest BCUT2D eigenvalue weighted by Crippen LogP contribution is 2.34. The van der Waals surface area contributed by atoms with E-state index in [1.165, 1.54) is 0 Å². The second-order valence-electron chi connectivity index (χ2n) is 12.6. The Morgan fingerprint density at radius 3 is 1.92 bits per heavy atom. The van der Waals surface area contributed by atoms with Gasteiger partial charge in [-0.2, -0.15) is 0 Å². The molecule has 5 aromatic heterocycles. The van der Waals surface area contributed by atoms with Crippen molar-refractivity contribution in [1.82, 2.24) is 24.9 Å². The van der Waals surface area contributed by atoms with E-state index in [4.69, 9.17) is 9.97 Å². The monoisotopic (exact) mass is 637 g/mol. The fraction of sp³-hybridized carbons (Fsp3) is 0. The Hall–Kier alpha value is -6.85. The maximum Gasteiger partial charge on any atom is 0.0970 e. The molecule has 0 fully saturated rings. The maximum absolute atomic E-state index is 5.14. The summed E-state index contributed by atoms with van der Waals surface area (Å²) in [5, 5.41) is 6.62. The first-order valence-corrected chi connectivity index (χ1v) is 16.6. The molecule has 0 aliphatic carbocycles. The van der Waals surface area contributed by atoms with Crippen LogP contribution in [0.2, 0.25) is 0 Å². The highest BCUT2D eigenvalue weighted by atomic mass is 14.7. The summed E-state index contributed by atoms with van der Waals surface area (Å²) in [6.45, 7) is 0. The van der Waals surface area contributed by atoms with Gasteiger partial charge in [0.15, 0.2) is 0 Å². The second kappa shape index (κ2) is 11.4. The molecule has 0 aliphatic rings. The summed E-state index contributed by atoms with van der Waals surface area (Å²) in [4.78, 5) is 23.9. The van der Waals surface area contributed by atoms with E-state index in [9.17, 15) is 0 Å². The predicted molar refractivity (Wildman–Crippen MR) is 205 cm³/mol. The van der Waals surface area contributed by atoms with Gasteiger partial charge in [-0.05, 0) is 70.1 Å². The minimum atomic E-state index is 0.917. The number of hydrogen-bond acceptors (Lipinski definition) is 5. The zero-order chi connectivity index (χ0) is 33.0. The van der Waals surface area contributed by atoms with E-state index in [2.05, 4.69) is 142 Å². The van der Waals surface area contributed by atoms with E-state index in [0.29, 0.717) is 0 Å². The van der Waals surface area contributed by atoms with Crippen molar-refractivity contribution in [3.63, 3.8) is 0 Å². The number of rotatable bonds is 4. The third kappa shape index (κ3) is 4.75. The minimum Gasteiger partial charge on any atom is -0.264 e. The van der Waals surface area contributed by atoms with Crippen LogP contribution in [0.1, 0.15) is 0 Å². The third-order valence-electron chi connectivity index (χ3n) is 9.65. The average Bonchev–Trinajstić information content (AvgIpc) is 3.19. The Morgan fingerprint density at radius 2 is 1.04 bits per heavy atom. The minimum absolute atomic E-state index is 0.917. The first-order valence-electron chi connectivity index (χ1n) is 16.6. The van der Waals surface area contributed by atoms with Gasteiger partial charge in [-0.3, -0.25) is 15.0 Å². The molecule has 0 saturated heterocycles. The highest BCUT2D eigenvalue weighted by molar-refractivity contribution is 6.08. The molecule has 10 rings (SSSR count). The Balaban J connectivity index is 0.987. The number of aromatic nitrogens is 5. The van der Waals surface area contributed by atoms with Crippen LogP contribution in [0.15, 0.2) is 164 Å². The van der Waals surface area contributed by atoms with Crippen LogP contribution in [0.3, 0.4) is 0 Å². The van der Waals surface area contributed by atoms with Crippen molar-refractivity contribution >= 4 is 54.4 Å². The van der Waals surface area contributed by atoms with Gasteiger partial charge in [0.25, 0.3) is 0 Å². The molecule has 0 radical (unpaired) electrons. The molecule has 5 aromatic carbocycles. The Labute approximate surface area is 287 Å². The van der Waals surface area contributed by atoms with Crippen LogP contribution in [-0.2, 0) is 0 Å². The average molecular weight is 638 g/mol. The lowest BCUT2D eigenvalue weighted by molar-refractivity contribution is 1.35. The van der Waals surface area contributed by atoms with Gasteiger partial charge in [-0.15, -0.1) is 0 Å². The molecule has 232 valence electrons. The third-order valence-corrected chi connectivity index (χ3v) is 9.65. The predicted octanol–water partition coefficient (Wildman–Crippen LogP) is 11.1. The fourth-order valence-corrected chi connectivity index (χ4v) is 7.07. The quantitative estimate of drug-likeness (QED) is 0.180. The summed E-state index contributed by atoms with van der Waals surface area (Å²) in [7, 11) is 0. The van der Waals surface area contributed by atoms with Crippen LogP contribution < -0.4 is 0 Å². The molecule has 0 spiro atoms. The van der Waals surface area contributed by atoms with Gasteiger partial charge >= 0.3 is 0 Å². The van der Waals surface area contributed by atoms with E-state index in [1.54, 1.807) is 0 Å². The van der Waals surface area contributed by atoms with Crippen LogP contribution in [0.4, 0.5) is 0 Å². The molecule has 5 nitrogen and oxygen atoms in total. The van der Waals surface area contributed by atoms with Crippen LogP contribution in [-0.4, -0.2) is 24.9 Å². The smallest absolute Gasteiger partial charge is 0.0970 e. The molecule has 0 atom stereocenters. The zero-order valence-electron chi connectivity index (χ0n) is 26.8. The first kappa shape index (κ1) is 28.2. The van der Waals surface area contributed by atoms with Gasteiger partial charge in [-0.1, -0.05) is 97.1 Å². The molecule has 5 heterocycles. The lowest BCUT2D eigenvalue weighted by Crippen LogP contribution is -1.90. The standard InChI is InChI=1S/C45H27N5/c1-3-29-20-23-46-27-39(29)37(5-1)41-19-16-32-11-13-35(26-43(32)50-41)40-18-15-31-10-12-34(25-42(31)49-40)28-6-8-30(9-7-28)36-21-24-48-45-38(36)17-14-33-4-2-22-47-44(33)45/h1-27H. The summed E-state index contributed by atoms with van der Waals surface area (Å²) in [5.74, 6) is 0. The molecule has 0 amide bonds. The SMILES string of the molecule is c1cc(-c2ccc3ccc(-c4ccc5ccc(-c6ccc(-c7ccnc8c7ccc7cccnc78)cc6)cc5n4)cc3n2)c2cnccc2c1. The summed E-state index contributed by atoms with van der Waals surface area (Å²) in [6.07, 6.45) is 7.44. The zero-order valence-corrected chi connectivity index (χ0v) is 26.8. The number of fused-ring (bicyclic) bond motifs is 6. The summed E-state index contributed by atoms with van der Waals surface area (Å²) >= 11 is 0. The fourth-order valence-electron chi connectivity index (χ4n) is 7.07. The lowest BCUT2D eigenvalue weighted by Gasteiger charge is -2.10. The van der Waals surface area contributed by atoms with Crippen molar-refractivity contribution in [2.45, 2.75) is 0 Å². The highest BCUT2D eigenvalue weighted by Gasteiger charge is 2.11. The van der Waals surface area contributed by atoms with Crippen molar-refractivity contribution in [2.75, 3.05) is 0 Å². The van der Waals surface area contributed by atoms with E-state index in [-0.39, 0.29) is 0 Å². The normalized spacial score (nSPS) is 11.6. The van der Waals surface area contributed by atoms with E-state index < -0.39 is 0 Å². The van der Waals surface area contributed by atoms with Gasteiger partial charge in [0, 0.05) is 62.8 Å². The largest absolute Gasteiger partial charge is 0.264 e. The van der Waals surface area contributed by atoms with Crippen molar-refractivity contribution in [3.05, 3.63) is 164 Å². The van der Waals surface area contributed by atoms with Crippen LogP contribution in [0.25, 0.3) is 99.2 Å². The summed E-state index contributed by atoms with van der Waals surface area (Å²) in [6, 6.07) is 48.8. The van der Waals surface area contributed by atoms with E-state index in [0.717, 1.165) is 99.2 Å². The molecule has 0 aliphatic heterocycles. The molecular weight excluding hydrogens is 611 g/mol. The summed E-state index contributed by atoms with van der Waals surface area (Å²) in [5.41, 5.74) is 12.2. The molecule has 0 saturated carbocycles. The second-order valence-corrected chi connectivity index (χ2v) is 12.6. The Kier molecular flexibility index (Phi) is 6.42.